The molecule has 7 heteroatoms. The van der Waals surface area contributed by atoms with Gasteiger partial charge in [0.1, 0.15) is 0 Å². The van der Waals surface area contributed by atoms with E-state index in [9.17, 15) is 10.1 Å². The molecule has 0 radical (unpaired) electrons. The van der Waals surface area contributed by atoms with Gasteiger partial charge in [-0.1, -0.05) is 18.2 Å². The van der Waals surface area contributed by atoms with Crippen molar-refractivity contribution >= 4 is 39.2 Å². The number of H-pyrrole nitrogens is 1. The number of non-ortho nitro benzene ring substituents is 1. The molecule has 6 nitrogen and oxygen atoms in total. The summed E-state index contributed by atoms with van der Waals surface area (Å²) in [7, 11) is 0. The molecule has 0 fully saturated rings. The van der Waals surface area contributed by atoms with E-state index in [2.05, 4.69) is 27.4 Å². The number of aromatic amines is 1. The van der Waals surface area contributed by atoms with Crippen LogP contribution in [0.25, 0.3) is 10.9 Å². The lowest BCUT2D eigenvalue weighted by Crippen LogP contribution is -2.11. The van der Waals surface area contributed by atoms with Crippen molar-refractivity contribution in [2.75, 3.05) is 5.32 Å². The summed E-state index contributed by atoms with van der Waals surface area (Å²) >= 11 is 1.54. The third-order valence-corrected chi connectivity index (χ3v) is 4.66. The lowest BCUT2D eigenvalue weighted by atomic mass is 10.2. The minimum Gasteiger partial charge on any atom is -0.349 e. The van der Waals surface area contributed by atoms with Gasteiger partial charge in [0, 0.05) is 34.3 Å². The number of fused-ring (bicyclic) bond motifs is 3. The van der Waals surface area contributed by atoms with Gasteiger partial charge in [-0.15, -0.1) is 0 Å². The first-order valence-corrected chi connectivity index (χ1v) is 7.86. The number of anilines is 1. The molecule has 0 aliphatic carbocycles. The molecule has 114 valence electrons. The quantitative estimate of drug-likeness (QED) is 0.548. The molecular formula is C16H12N4O2S. The molecule has 0 unspecified atom stereocenters. The highest BCUT2D eigenvalue weighted by molar-refractivity contribution is 8.14. The molecule has 2 aromatic carbocycles. The average Bonchev–Trinajstić information content (AvgIpc) is 2.93. The molecule has 4 rings (SSSR count). The van der Waals surface area contributed by atoms with Crippen LogP contribution in [0.4, 0.5) is 11.4 Å². The number of para-hydroxylation sites is 1. The normalized spacial score (nSPS) is 13.5. The van der Waals surface area contributed by atoms with E-state index in [4.69, 9.17) is 0 Å². The van der Waals surface area contributed by atoms with E-state index in [-0.39, 0.29) is 5.69 Å². The number of benzene rings is 2. The van der Waals surface area contributed by atoms with Gasteiger partial charge in [-0.05, 0) is 30.0 Å². The average molecular weight is 324 g/mol. The predicted molar refractivity (Wildman–Crippen MR) is 92.0 cm³/mol. The van der Waals surface area contributed by atoms with Gasteiger partial charge in [0.2, 0.25) is 0 Å². The Morgan fingerprint density at radius 3 is 2.74 bits per heavy atom. The Labute approximate surface area is 135 Å². The zero-order chi connectivity index (χ0) is 15.8. The summed E-state index contributed by atoms with van der Waals surface area (Å²) in [4.78, 5) is 18.2. The molecule has 23 heavy (non-hydrogen) atoms. The van der Waals surface area contributed by atoms with Gasteiger partial charge in [0.25, 0.3) is 5.69 Å². The fourth-order valence-corrected chi connectivity index (χ4v) is 3.50. The topological polar surface area (TPSA) is 83.3 Å². The summed E-state index contributed by atoms with van der Waals surface area (Å²) in [5.41, 5.74) is 3.17. The van der Waals surface area contributed by atoms with Crippen LogP contribution in [0.5, 0.6) is 0 Å². The molecule has 0 bridgehead atoms. The number of hydrogen-bond acceptors (Lipinski definition) is 5. The SMILES string of the molecule is O=[N+]([O-])c1ccc(NC2=NCc3c([nH]c4ccccc34)S2)cc1. The monoisotopic (exact) mass is 324 g/mol. The third-order valence-electron chi connectivity index (χ3n) is 3.68. The van der Waals surface area contributed by atoms with E-state index in [0.29, 0.717) is 6.54 Å². The molecule has 1 aliphatic rings. The van der Waals surface area contributed by atoms with E-state index in [1.165, 1.54) is 34.8 Å². The van der Waals surface area contributed by atoms with Gasteiger partial charge in [-0.25, -0.2) is 0 Å². The van der Waals surface area contributed by atoms with Gasteiger partial charge < -0.3 is 10.3 Å². The molecule has 0 atom stereocenters. The van der Waals surface area contributed by atoms with Gasteiger partial charge in [-0.3, -0.25) is 15.1 Å². The number of aromatic nitrogens is 1. The maximum absolute atomic E-state index is 10.7. The fraction of sp³-hybridized carbons (Fsp3) is 0.0625. The van der Waals surface area contributed by atoms with Crippen LogP contribution in [0.1, 0.15) is 5.56 Å². The minimum atomic E-state index is -0.409. The highest BCUT2D eigenvalue weighted by Crippen LogP contribution is 2.34. The van der Waals surface area contributed by atoms with Gasteiger partial charge in [0.15, 0.2) is 5.17 Å². The largest absolute Gasteiger partial charge is 0.349 e. The number of thioether (sulfide) groups is 1. The van der Waals surface area contributed by atoms with Crippen LogP contribution in [0, 0.1) is 10.1 Å². The van der Waals surface area contributed by atoms with Crippen LogP contribution < -0.4 is 5.32 Å². The van der Waals surface area contributed by atoms with Crippen LogP contribution >= 0.6 is 11.8 Å². The molecule has 3 aromatic rings. The summed E-state index contributed by atoms with van der Waals surface area (Å²) in [5, 5.41) is 16.9. The minimum absolute atomic E-state index is 0.0756. The Bertz CT molecular complexity index is 931. The molecule has 0 saturated heterocycles. The number of rotatable bonds is 2. The van der Waals surface area contributed by atoms with Crippen LogP contribution in [0.3, 0.4) is 0 Å². The van der Waals surface area contributed by atoms with Crippen molar-refractivity contribution in [2.24, 2.45) is 4.99 Å². The standard InChI is InChI=1S/C16H12N4O2S/c21-20(22)11-7-5-10(6-8-11)18-16-17-9-13-12-3-1-2-4-14(12)19-15(13)23-16/h1-8,19H,9H2,(H,17,18). The number of nitro groups is 1. The highest BCUT2D eigenvalue weighted by Gasteiger charge is 2.18. The number of aliphatic imine (C=N–C) groups is 1. The van der Waals surface area contributed by atoms with Crippen molar-refractivity contribution in [3.8, 4) is 0 Å². The summed E-state index contributed by atoms with van der Waals surface area (Å²) < 4.78 is 0. The lowest BCUT2D eigenvalue weighted by molar-refractivity contribution is -0.384. The van der Waals surface area contributed by atoms with Crippen molar-refractivity contribution in [1.29, 1.82) is 0 Å². The molecule has 2 heterocycles. The first kappa shape index (κ1) is 13.8. The van der Waals surface area contributed by atoms with Crippen LogP contribution in [-0.2, 0) is 6.54 Å². The summed E-state index contributed by atoms with van der Waals surface area (Å²) in [6, 6.07) is 14.5. The van der Waals surface area contributed by atoms with E-state index in [0.717, 1.165) is 21.4 Å². The van der Waals surface area contributed by atoms with E-state index < -0.39 is 4.92 Å². The maximum atomic E-state index is 10.7. The summed E-state index contributed by atoms with van der Waals surface area (Å²) in [6.45, 7) is 0.613. The first-order valence-electron chi connectivity index (χ1n) is 7.04. The van der Waals surface area contributed by atoms with Crippen LogP contribution in [0.2, 0.25) is 0 Å². The van der Waals surface area contributed by atoms with Crippen molar-refractivity contribution in [3.05, 3.63) is 64.2 Å². The zero-order valence-corrected chi connectivity index (χ0v) is 12.8. The molecular weight excluding hydrogens is 312 g/mol. The van der Waals surface area contributed by atoms with Crippen molar-refractivity contribution in [1.82, 2.24) is 4.98 Å². The van der Waals surface area contributed by atoms with Gasteiger partial charge >= 0.3 is 0 Å². The number of nitrogens with one attached hydrogen (secondary N) is 2. The molecule has 0 spiro atoms. The second-order valence-corrected chi connectivity index (χ2v) is 6.13. The van der Waals surface area contributed by atoms with Crippen LogP contribution in [0.15, 0.2) is 58.5 Å². The number of hydrogen-bond donors (Lipinski definition) is 2. The summed E-state index contributed by atoms with van der Waals surface area (Å²) in [5.74, 6) is 0. The zero-order valence-electron chi connectivity index (χ0n) is 11.9. The number of nitro benzene ring substituents is 1. The Kier molecular flexibility index (Phi) is 3.27. The van der Waals surface area contributed by atoms with E-state index in [1.54, 1.807) is 12.1 Å². The molecule has 0 saturated carbocycles. The second kappa shape index (κ2) is 5.44. The Morgan fingerprint density at radius 2 is 1.96 bits per heavy atom. The van der Waals surface area contributed by atoms with Crippen molar-refractivity contribution in [2.45, 2.75) is 11.6 Å². The van der Waals surface area contributed by atoms with E-state index >= 15 is 0 Å². The molecule has 0 amide bonds. The molecule has 1 aromatic heterocycles. The molecule has 1 aliphatic heterocycles. The molecule has 2 N–H and O–H groups in total. The highest BCUT2D eigenvalue weighted by atomic mass is 32.2. The number of nitrogens with zero attached hydrogens (tertiary/aromatic N) is 2. The smallest absolute Gasteiger partial charge is 0.269 e. The van der Waals surface area contributed by atoms with Crippen LogP contribution in [-0.4, -0.2) is 15.1 Å². The summed E-state index contributed by atoms with van der Waals surface area (Å²) in [6.07, 6.45) is 0. The first-order chi connectivity index (χ1) is 11.2. The Hall–Kier alpha value is -2.80. The Balaban J connectivity index is 1.56. The van der Waals surface area contributed by atoms with E-state index in [1.807, 2.05) is 12.1 Å². The maximum Gasteiger partial charge on any atom is 0.269 e. The Morgan fingerprint density at radius 1 is 1.17 bits per heavy atom. The van der Waals surface area contributed by atoms with Gasteiger partial charge in [0.05, 0.1) is 16.5 Å². The van der Waals surface area contributed by atoms with Gasteiger partial charge in [-0.2, -0.15) is 0 Å². The predicted octanol–water partition coefficient (Wildman–Crippen LogP) is 4.15. The third kappa shape index (κ3) is 2.55. The lowest BCUT2D eigenvalue weighted by Gasteiger charge is -2.14. The number of amidine groups is 1. The fourth-order valence-electron chi connectivity index (χ4n) is 2.55. The second-order valence-electron chi connectivity index (χ2n) is 5.13. The van der Waals surface area contributed by atoms with Crippen molar-refractivity contribution in [3.63, 3.8) is 0 Å². The van der Waals surface area contributed by atoms with Crippen molar-refractivity contribution < 1.29 is 4.92 Å².